The number of carbonyl (C=O) groups excluding carboxylic acids is 3. The molecular formula is C31H53N3O5S. The highest BCUT2D eigenvalue weighted by Gasteiger charge is 2.38. The highest BCUT2D eigenvalue weighted by atomic mass is 32.2. The smallest absolute Gasteiger partial charge is 0.408 e. The first-order valence-electron chi connectivity index (χ1n) is 14.5. The van der Waals surface area contributed by atoms with Crippen molar-refractivity contribution in [2.24, 2.45) is 0 Å². The summed E-state index contributed by atoms with van der Waals surface area (Å²) in [6.07, 6.45) is 7.69. The Hall–Kier alpha value is -2.42. The van der Waals surface area contributed by atoms with Crippen LogP contribution in [-0.2, 0) is 14.3 Å². The van der Waals surface area contributed by atoms with Crippen molar-refractivity contribution >= 4 is 29.7 Å². The average molecular weight is 580 g/mol. The van der Waals surface area contributed by atoms with Crippen LogP contribution in [0.1, 0.15) is 111 Å². The number of phenols is 1. The molecule has 0 aromatic heterocycles. The Bertz CT molecular complexity index is 955. The molecule has 2 atom stereocenters. The van der Waals surface area contributed by atoms with Crippen LogP contribution in [0.25, 0.3) is 0 Å². The summed E-state index contributed by atoms with van der Waals surface area (Å²) in [4.78, 5) is 42.4. The van der Waals surface area contributed by atoms with Crippen LogP contribution in [0.4, 0.5) is 4.79 Å². The molecule has 1 aromatic carbocycles. The zero-order chi connectivity index (χ0) is 30.5. The molecule has 0 spiro atoms. The lowest BCUT2D eigenvalue weighted by Gasteiger charge is -2.36. The number of nitrogens with zero attached hydrogens (tertiary/aromatic N) is 1. The minimum Gasteiger partial charge on any atom is -0.507 e. The number of unbranched alkanes of at least 4 members (excludes halogenated alkanes) is 5. The number of ether oxygens (including phenoxy) is 1. The Morgan fingerprint density at radius 1 is 1.02 bits per heavy atom. The Morgan fingerprint density at radius 2 is 1.65 bits per heavy atom. The highest BCUT2D eigenvalue weighted by Crippen LogP contribution is 2.33. The van der Waals surface area contributed by atoms with Crippen molar-refractivity contribution in [1.82, 2.24) is 15.5 Å². The van der Waals surface area contributed by atoms with Crippen molar-refractivity contribution in [2.75, 3.05) is 18.6 Å². The zero-order valence-corrected chi connectivity index (χ0v) is 27.0. The number of amides is 3. The molecular weight excluding hydrogens is 526 g/mol. The number of aromatic hydroxyl groups is 1. The van der Waals surface area contributed by atoms with Gasteiger partial charge in [-0.15, -0.1) is 0 Å². The Labute approximate surface area is 246 Å². The van der Waals surface area contributed by atoms with Crippen LogP contribution < -0.4 is 10.6 Å². The maximum atomic E-state index is 14.3. The second-order valence-corrected chi connectivity index (χ2v) is 13.4. The topological polar surface area (TPSA) is 108 Å². The van der Waals surface area contributed by atoms with E-state index in [1.165, 1.54) is 4.90 Å². The SMILES string of the molecule is CCCCCCCCN(C(=O)C(CCSC)NC(=O)OC(C)(C)C)C(C(=O)NC(C)(C)C)c1cccc(C)c1O. The summed E-state index contributed by atoms with van der Waals surface area (Å²) in [6.45, 7) is 15.2. The van der Waals surface area contributed by atoms with Crippen molar-refractivity contribution in [3.05, 3.63) is 29.3 Å². The van der Waals surface area contributed by atoms with Gasteiger partial charge >= 0.3 is 6.09 Å². The number of para-hydroxylation sites is 1. The van der Waals surface area contributed by atoms with Gasteiger partial charge in [0.1, 0.15) is 23.4 Å². The van der Waals surface area contributed by atoms with Crippen molar-refractivity contribution in [2.45, 2.75) is 124 Å². The molecule has 8 nitrogen and oxygen atoms in total. The second-order valence-electron chi connectivity index (χ2n) is 12.4. The van der Waals surface area contributed by atoms with Crippen molar-refractivity contribution in [3.63, 3.8) is 0 Å². The number of hydrogen-bond donors (Lipinski definition) is 3. The number of phenolic OH excluding ortho intramolecular Hbond substituents is 1. The van der Waals surface area contributed by atoms with Crippen LogP contribution in [0, 0.1) is 6.92 Å². The molecule has 2 unspecified atom stereocenters. The molecule has 3 amide bonds. The van der Waals surface area contributed by atoms with Crippen LogP contribution in [0.2, 0.25) is 0 Å². The maximum Gasteiger partial charge on any atom is 0.408 e. The van der Waals surface area contributed by atoms with Crippen LogP contribution in [0.15, 0.2) is 18.2 Å². The normalized spacial score (nSPS) is 13.3. The molecule has 9 heteroatoms. The summed E-state index contributed by atoms with van der Waals surface area (Å²) < 4.78 is 5.46. The number of aryl methyl sites for hydroxylation is 1. The largest absolute Gasteiger partial charge is 0.507 e. The predicted octanol–water partition coefficient (Wildman–Crippen LogP) is 6.49. The molecule has 0 fully saturated rings. The molecule has 3 N–H and O–H groups in total. The standard InChI is InChI=1S/C31H53N3O5S/c1-10-11-12-13-14-15-20-34(28(37)24(19-21-40-9)32-29(38)39-31(6,7)8)25(27(36)33-30(3,4)5)23-18-16-17-22(2)26(23)35/h16-18,24-25,35H,10-15,19-21H2,1-9H3,(H,32,38)(H,33,36). The van der Waals surface area contributed by atoms with Crippen molar-refractivity contribution in [1.29, 1.82) is 0 Å². The molecule has 0 heterocycles. The third-order valence-corrected chi connectivity index (χ3v) is 6.90. The van der Waals surface area contributed by atoms with Gasteiger partial charge in [0, 0.05) is 17.6 Å². The van der Waals surface area contributed by atoms with E-state index in [0.717, 1.165) is 32.1 Å². The lowest BCUT2D eigenvalue weighted by Crippen LogP contribution is -2.55. The molecule has 0 bridgehead atoms. The van der Waals surface area contributed by atoms with Gasteiger partial charge in [-0.3, -0.25) is 9.59 Å². The van der Waals surface area contributed by atoms with Gasteiger partial charge in [-0.2, -0.15) is 11.8 Å². The number of benzene rings is 1. The average Bonchev–Trinajstić information content (AvgIpc) is 2.82. The summed E-state index contributed by atoms with van der Waals surface area (Å²) in [6, 6.07) is 3.27. The highest BCUT2D eigenvalue weighted by molar-refractivity contribution is 7.98. The number of thioether (sulfide) groups is 1. The van der Waals surface area contributed by atoms with E-state index in [1.807, 2.05) is 27.0 Å². The van der Waals surface area contributed by atoms with E-state index in [2.05, 4.69) is 17.6 Å². The minimum atomic E-state index is -1.07. The molecule has 40 heavy (non-hydrogen) atoms. The van der Waals surface area contributed by atoms with Crippen LogP contribution in [0.5, 0.6) is 5.75 Å². The molecule has 1 rings (SSSR count). The number of hydrogen-bond acceptors (Lipinski definition) is 6. The van der Waals surface area contributed by atoms with E-state index in [1.54, 1.807) is 57.7 Å². The van der Waals surface area contributed by atoms with Crippen LogP contribution in [-0.4, -0.2) is 63.6 Å². The number of nitrogens with one attached hydrogen (secondary N) is 2. The van der Waals surface area contributed by atoms with Crippen LogP contribution >= 0.6 is 11.8 Å². The maximum absolute atomic E-state index is 14.3. The fourth-order valence-electron chi connectivity index (χ4n) is 4.36. The van der Waals surface area contributed by atoms with E-state index in [9.17, 15) is 19.5 Å². The quantitative estimate of drug-likeness (QED) is 0.205. The van der Waals surface area contributed by atoms with Gasteiger partial charge in [0.15, 0.2) is 0 Å². The third-order valence-electron chi connectivity index (χ3n) is 6.26. The Kier molecular flexibility index (Phi) is 14.9. The molecule has 0 aliphatic heterocycles. The molecule has 0 saturated carbocycles. The molecule has 0 aliphatic rings. The van der Waals surface area contributed by atoms with Crippen LogP contribution in [0.3, 0.4) is 0 Å². The first kappa shape index (κ1) is 35.6. The first-order chi connectivity index (χ1) is 18.6. The Balaban J connectivity index is 3.54. The van der Waals surface area contributed by atoms with Gasteiger partial charge in [-0.25, -0.2) is 4.79 Å². The monoisotopic (exact) mass is 579 g/mol. The van der Waals surface area contributed by atoms with E-state index < -0.39 is 29.3 Å². The lowest BCUT2D eigenvalue weighted by molar-refractivity contribution is -0.143. The fourth-order valence-corrected chi connectivity index (χ4v) is 4.83. The summed E-state index contributed by atoms with van der Waals surface area (Å²) >= 11 is 1.57. The Morgan fingerprint density at radius 3 is 2.23 bits per heavy atom. The molecule has 0 aliphatic carbocycles. The summed E-state index contributed by atoms with van der Waals surface area (Å²) in [7, 11) is 0. The van der Waals surface area contributed by atoms with Gasteiger partial charge in [-0.05, 0) is 78.9 Å². The van der Waals surface area contributed by atoms with Crippen molar-refractivity contribution in [3.8, 4) is 5.75 Å². The summed E-state index contributed by atoms with van der Waals surface area (Å²) in [5.41, 5.74) is -0.306. The van der Waals surface area contributed by atoms with Crippen molar-refractivity contribution < 1.29 is 24.2 Å². The fraction of sp³-hybridized carbons (Fsp3) is 0.710. The van der Waals surface area contributed by atoms with E-state index in [0.29, 0.717) is 36.3 Å². The molecule has 1 aromatic rings. The van der Waals surface area contributed by atoms with E-state index >= 15 is 0 Å². The minimum absolute atomic E-state index is 0.0157. The third kappa shape index (κ3) is 12.8. The van der Waals surface area contributed by atoms with E-state index in [-0.39, 0.29) is 17.6 Å². The van der Waals surface area contributed by atoms with Gasteiger partial charge in [0.2, 0.25) is 11.8 Å². The zero-order valence-electron chi connectivity index (χ0n) is 26.2. The number of carbonyl (C=O) groups is 3. The number of alkyl carbamates (subject to hydrolysis) is 1. The first-order valence-corrected chi connectivity index (χ1v) is 15.9. The number of rotatable bonds is 15. The lowest BCUT2D eigenvalue weighted by atomic mass is 9.97. The summed E-state index contributed by atoms with van der Waals surface area (Å²) in [5.74, 6) is -0.138. The molecule has 228 valence electrons. The summed E-state index contributed by atoms with van der Waals surface area (Å²) in [5, 5.41) is 16.8. The van der Waals surface area contributed by atoms with E-state index in [4.69, 9.17) is 4.74 Å². The van der Waals surface area contributed by atoms with Gasteiger partial charge in [0.25, 0.3) is 0 Å². The van der Waals surface area contributed by atoms with Gasteiger partial charge in [-0.1, -0.05) is 57.2 Å². The molecule has 0 radical (unpaired) electrons. The predicted molar refractivity (Wildman–Crippen MR) is 165 cm³/mol. The van der Waals surface area contributed by atoms with Gasteiger partial charge < -0.3 is 25.4 Å². The second kappa shape index (κ2) is 16.7. The van der Waals surface area contributed by atoms with Gasteiger partial charge in [0.05, 0.1) is 0 Å². The molecule has 0 saturated heterocycles.